The summed E-state index contributed by atoms with van der Waals surface area (Å²) < 4.78 is 0. The van der Waals surface area contributed by atoms with Crippen molar-refractivity contribution in [1.82, 2.24) is 10.2 Å². The van der Waals surface area contributed by atoms with Gasteiger partial charge in [-0.1, -0.05) is 13.8 Å². The Morgan fingerprint density at radius 3 is 2.77 bits per heavy atom. The first-order valence-electron chi connectivity index (χ1n) is 4.79. The third kappa shape index (κ3) is 2.01. The van der Waals surface area contributed by atoms with Crippen LogP contribution in [-0.2, 0) is 0 Å². The smallest absolute Gasteiger partial charge is 0.121 e. The lowest BCUT2D eigenvalue weighted by Crippen LogP contribution is -2.65. The van der Waals surface area contributed by atoms with Crippen molar-refractivity contribution in [3.05, 3.63) is 0 Å². The lowest BCUT2D eigenvalue weighted by atomic mass is 9.96. The highest BCUT2D eigenvalue weighted by molar-refractivity contribution is 7.99. The summed E-state index contributed by atoms with van der Waals surface area (Å²) in [6.45, 7) is 7.82. The number of nitrogens with one attached hydrogen (secondary N) is 1. The summed E-state index contributed by atoms with van der Waals surface area (Å²) >= 11 is 1.74. The van der Waals surface area contributed by atoms with E-state index >= 15 is 0 Å². The molecule has 0 aromatic carbocycles. The van der Waals surface area contributed by atoms with Crippen molar-refractivity contribution in [2.24, 2.45) is 5.92 Å². The highest BCUT2D eigenvalue weighted by Gasteiger charge is 2.41. The molecule has 0 aliphatic carbocycles. The van der Waals surface area contributed by atoms with Crippen LogP contribution in [0.1, 0.15) is 20.8 Å². The van der Waals surface area contributed by atoms with Crippen molar-refractivity contribution in [1.29, 1.82) is 0 Å². The lowest BCUT2D eigenvalue weighted by Gasteiger charge is -2.49. The summed E-state index contributed by atoms with van der Waals surface area (Å²) in [5, 5.41) is 13.7. The number of rotatable bonds is 2. The Morgan fingerprint density at radius 1 is 1.69 bits per heavy atom. The van der Waals surface area contributed by atoms with E-state index in [1.165, 1.54) is 0 Å². The van der Waals surface area contributed by atoms with Gasteiger partial charge in [-0.2, -0.15) is 0 Å². The quantitative estimate of drug-likeness (QED) is 0.700. The van der Waals surface area contributed by atoms with Crippen LogP contribution < -0.4 is 5.32 Å². The Balaban J connectivity index is 2.77. The second-order valence-electron chi connectivity index (χ2n) is 3.78. The second kappa shape index (κ2) is 4.17. The number of hydrogen-bond acceptors (Lipinski definition) is 4. The van der Waals surface area contributed by atoms with Gasteiger partial charge in [-0.05, 0) is 13.2 Å². The minimum absolute atomic E-state index is 0.246. The third-order valence-corrected chi connectivity index (χ3v) is 3.83. The van der Waals surface area contributed by atoms with Crippen molar-refractivity contribution < 1.29 is 5.11 Å². The predicted molar refractivity (Wildman–Crippen MR) is 57.5 cm³/mol. The van der Waals surface area contributed by atoms with E-state index in [1.54, 1.807) is 11.8 Å². The van der Waals surface area contributed by atoms with Gasteiger partial charge in [0.25, 0.3) is 0 Å². The number of hydrogen-bond donors (Lipinski definition) is 2. The van der Waals surface area contributed by atoms with Crippen LogP contribution in [0.15, 0.2) is 0 Å². The van der Waals surface area contributed by atoms with Crippen LogP contribution in [0.2, 0.25) is 0 Å². The second-order valence-corrected chi connectivity index (χ2v) is 4.70. The summed E-state index contributed by atoms with van der Waals surface area (Å²) in [6.07, 6.45) is 2.06. The molecule has 0 bridgehead atoms. The van der Waals surface area contributed by atoms with E-state index in [-0.39, 0.29) is 11.4 Å². The maximum absolute atomic E-state index is 10.3. The van der Waals surface area contributed by atoms with Crippen molar-refractivity contribution in [2.45, 2.75) is 32.0 Å². The first-order valence-corrected chi connectivity index (χ1v) is 6.08. The summed E-state index contributed by atoms with van der Waals surface area (Å²) in [6, 6.07) is 0. The van der Waals surface area contributed by atoms with Crippen molar-refractivity contribution in [2.75, 3.05) is 19.3 Å². The van der Waals surface area contributed by atoms with Gasteiger partial charge in [0.2, 0.25) is 0 Å². The molecule has 1 aliphatic heterocycles. The van der Waals surface area contributed by atoms with Crippen LogP contribution in [0, 0.1) is 5.92 Å². The maximum atomic E-state index is 10.3. The summed E-state index contributed by atoms with van der Waals surface area (Å²) in [5.41, 5.74) is -0.426. The van der Waals surface area contributed by atoms with Crippen LogP contribution >= 0.6 is 11.8 Å². The molecular weight excluding hydrogens is 184 g/mol. The molecule has 0 spiro atoms. The summed E-state index contributed by atoms with van der Waals surface area (Å²) in [5.74, 6) is 0.274. The van der Waals surface area contributed by atoms with E-state index in [2.05, 4.69) is 30.3 Å². The van der Waals surface area contributed by atoms with E-state index in [1.807, 2.05) is 6.92 Å². The topological polar surface area (TPSA) is 35.5 Å². The fourth-order valence-corrected chi connectivity index (χ4v) is 2.68. The van der Waals surface area contributed by atoms with Gasteiger partial charge in [-0.25, -0.2) is 0 Å². The molecule has 2 N–H and O–H groups in total. The average Bonchev–Trinajstić information content (AvgIpc) is 2.09. The Morgan fingerprint density at radius 2 is 2.31 bits per heavy atom. The Hall–Kier alpha value is 0.230. The normalized spacial score (nSPS) is 42.2. The monoisotopic (exact) mass is 204 g/mol. The maximum Gasteiger partial charge on any atom is 0.121 e. The van der Waals surface area contributed by atoms with Gasteiger partial charge in [0, 0.05) is 19.0 Å². The van der Waals surface area contributed by atoms with Crippen LogP contribution in [0.25, 0.3) is 0 Å². The molecule has 0 aromatic heterocycles. The number of thioether (sulfide) groups is 1. The zero-order valence-corrected chi connectivity index (χ0v) is 9.69. The van der Waals surface area contributed by atoms with Crippen LogP contribution in [0.5, 0.6) is 0 Å². The highest BCUT2D eigenvalue weighted by atomic mass is 32.2. The molecule has 0 saturated carbocycles. The molecule has 3 atom stereocenters. The predicted octanol–water partition coefficient (Wildman–Crippen LogP) is 0.903. The minimum atomic E-state index is -0.673. The van der Waals surface area contributed by atoms with E-state index in [9.17, 15) is 5.11 Å². The largest absolute Gasteiger partial charge is 0.376 e. The van der Waals surface area contributed by atoms with Crippen molar-refractivity contribution in [3.63, 3.8) is 0 Å². The van der Waals surface area contributed by atoms with E-state index in [4.69, 9.17) is 0 Å². The fraction of sp³-hybridized carbons (Fsp3) is 1.00. The molecule has 78 valence electrons. The molecule has 13 heavy (non-hydrogen) atoms. The summed E-state index contributed by atoms with van der Waals surface area (Å²) in [7, 11) is 0. The zero-order valence-electron chi connectivity index (χ0n) is 8.87. The Labute approximate surface area is 84.9 Å². The molecule has 4 heteroatoms. The van der Waals surface area contributed by atoms with Gasteiger partial charge in [0.15, 0.2) is 0 Å². The van der Waals surface area contributed by atoms with Gasteiger partial charge in [0.05, 0.1) is 0 Å². The average molecular weight is 204 g/mol. The molecule has 3 unspecified atom stereocenters. The summed E-state index contributed by atoms with van der Waals surface area (Å²) in [4.78, 5) is 2.10. The van der Waals surface area contributed by atoms with E-state index < -0.39 is 5.72 Å². The van der Waals surface area contributed by atoms with Gasteiger partial charge in [0.1, 0.15) is 11.2 Å². The van der Waals surface area contributed by atoms with Crippen LogP contribution in [0.4, 0.5) is 0 Å². The Bertz CT molecular complexity index is 175. The fourth-order valence-electron chi connectivity index (χ4n) is 1.80. The zero-order chi connectivity index (χ0) is 10.1. The standard InChI is InChI=1S/C9H20N2OS/c1-5-11-8(13-4)10-6-7(2)9(11,3)12/h7-8,10,12H,5-6H2,1-4H3. The van der Waals surface area contributed by atoms with Crippen molar-refractivity contribution >= 4 is 11.8 Å². The highest BCUT2D eigenvalue weighted by Crippen LogP contribution is 2.29. The first-order chi connectivity index (χ1) is 6.04. The lowest BCUT2D eigenvalue weighted by molar-refractivity contribution is -0.157. The Kier molecular flexibility index (Phi) is 3.63. The van der Waals surface area contributed by atoms with Crippen molar-refractivity contribution in [3.8, 4) is 0 Å². The molecule has 1 aliphatic rings. The first kappa shape index (κ1) is 11.3. The van der Waals surface area contributed by atoms with E-state index in [0.29, 0.717) is 0 Å². The van der Waals surface area contributed by atoms with Gasteiger partial charge >= 0.3 is 0 Å². The van der Waals surface area contributed by atoms with E-state index in [0.717, 1.165) is 13.1 Å². The third-order valence-electron chi connectivity index (χ3n) is 2.96. The van der Waals surface area contributed by atoms with Crippen LogP contribution in [0.3, 0.4) is 0 Å². The molecular formula is C9H20N2OS. The molecule has 1 heterocycles. The molecule has 3 nitrogen and oxygen atoms in total. The number of aliphatic hydroxyl groups is 1. The minimum Gasteiger partial charge on any atom is -0.376 e. The van der Waals surface area contributed by atoms with Crippen LogP contribution in [-0.4, -0.2) is 40.6 Å². The van der Waals surface area contributed by atoms with Gasteiger partial charge in [-0.3, -0.25) is 10.2 Å². The molecule has 1 saturated heterocycles. The molecule has 0 amide bonds. The number of nitrogens with zero attached hydrogens (tertiary/aromatic N) is 1. The molecule has 0 radical (unpaired) electrons. The molecule has 0 aromatic rings. The molecule has 1 rings (SSSR count). The SMILES string of the molecule is CCN1C(SC)NCC(C)C1(C)O. The van der Waals surface area contributed by atoms with Gasteiger partial charge < -0.3 is 5.11 Å². The molecule has 1 fully saturated rings. The van der Waals surface area contributed by atoms with Gasteiger partial charge in [-0.15, -0.1) is 11.8 Å².